The molecule has 0 radical (unpaired) electrons. The largest absolute Gasteiger partial charge is 0.450 e. The molecule has 5 rings (SSSR count). The predicted molar refractivity (Wildman–Crippen MR) is 125 cm³/mol. The number of benzene rings is 2. The monoisotopic (exact) mass is 484 g/mol. The van der Waals surface area contributed by atoms with Crippen molar-refractivity contribution in [3.8, 4) is 11.5 Å². The van der Waals surface area contributed by atoms with E-state index >= 15 is 0 Å². The Morgan fingerprint density at radius 3 is 2.56 bits per heavy atom. The zero-order valence-corrected chi connectivity index (χ0v) is 19.5. The number of aryl methyl sites for hydroxylation is 1. The van der Waals surface area contributed by atoms with E-state index in [-0.39, 0.29) is 22.0 Å². The van der Waals surface area contributed by atoms with Crippen LogP contribution in [0.2, 0.25) is 0 Å². The molecule has 0 N–H and O–H groups in total. The Labute approximate surface area is 196 Å². The minimum Gasteiger partial charge on any atom is -0.450 e. The topological polar surface area (TPSA) is 120 Å². The van der Waals surface area contributed by atoms with Gasteiger partial charge < -0.3 is 9.15 Å². The highest BCUT2D eigenvalue weighted by atomic mass is 32.2. The van der Waals surface area contributed by atoms with Crippen LogP contribution in [0.25, 0.3) is 11.0 Å². The third-order valence-electron chi connectivity index (χ3n) is 6.68. The number of nitrogens with zero attached hydrogens (tertiary/aromatic N) is 2. The second-order valence-electron chi connectivity index (χ2n) is 8.93. The molecule has 34 heavy (non-hydrogen) atoms. The zero-order chi connectivity index (χ0) is 24.0. The number of fused-ring (bicyclic) bond motifs is 3. The molecule has 2 heterocycles. The molecule has 0 atom stereocenters. The first-order chi connectivity index (χ1) is 16.2. The van der Waals surface area contributed by atoms with E-state index in [1.807, 2.05) is 0 Å². The van der Waals surface area contributed by atoms with Gasteiger partial charge in [-0.2, -0.15) is 4.31 Å². The molecule has 1 fully saturated rings. The lowest BCUT2D eigenvalue weighted by Crippen LogP contribution is -2.37. The number of nitro groups is 1. The molecule has 10 heteroatoms. The standard InChI is InChI=1S/C24H24N2O7S/c1-15-9-11-25(12-10-15)34(30,31)17-6-8-22(21(14-17)26(28)29)32-16-5-7-19-18-3-2-4-20(18)24(27)33-23(19)13-16/h5-8,13-15H,2-4,9-12H2,1H3. The van der Waals surface area contributed by atoms with Crippen LogP contribution in [0.5, 0.6) is 11.5 Å². The molecule has 3 aromatic rings. The molecule has 0 spiro atoms. The van der Waals surface area contributed by atoms with Gasteiger partial charge in [-0.1, -0.05) is 6.92 Å². The van der Waals surface area contributed by atoms with Crippen LogP contribution in [0.3, 0.4) is 0 Å². The molecule has 2 aliphatic rings. The van der Waals surface area contributed by atoms with Crippen molar-refractivity contribution in [2.75, 3.05) is 13.1 Å². The van der Waals surface area contributed by atoms with E-state index < -0.39 is 20.6 Å². The summed E-state index contributed by atoms with van der Waals surface area (Å²) in [5.41, 5.74) is 1.21. The van der Waals surface area contributed by atoms with Crippen molar-refractivity contribution in [3.05, 3.63) is 68.1 Å². The summed E-state index contributed by atoms with van der Waals surface area (Å²) in [7, 11) is -3.85. The Kier molecular flexibility index (Phi) is 5.65. The predicted octanol–water partition coefficient (Wildman–Crippen LogP) is 4.40. The van der Waals surface area contributed by atoms with E-state index in [1.54, 1.807) is 12.1 Å². The van der Waals surface area contributed by atoms with Crippen molar-refractivity contribution >= 4 is 26.7 Å². The SMILES string of the molecule is CC1CCN(S(=O)(=O)c2ccc(Oc3ccc4c5c(c(=O)oc4c3)CCC5)c([N+](=O)[O-])c2)CC1. The van der Waals surface area contributed by atoms with Gasteiger partial charge >= 0.3 is 11.3 Å². The number of rotatable bonds is 5. The van der Waals surface area contributed by atoms with E-state index in [4.69, 9.17) is 9.15 Å². The molecule has 178 valence electrons. The normalized spacial score (nSPS) is 17.1. The van der Waals surface area contributed by atoms with Crippen molar-refractivity contribution in [2.45, 2.75) is 43.9 Å². The van der Waals surface area contributed by atoms with Crippen molar-refractivity contribution in [3.63, 3.8) is 0 Å². The third-order valence-corrected chi connectivity index (χ3v) is 8.58. The lowest BCUT2D eigenvalue weighted by Gasteiger charge is -2.29. The molecule has 0 bridgehead atoms. The van der Waals surface area contributed by atoms with Crippen molar-refractivity contribution in [1.82, 2.24) is 4.31 Å². The number of nitro benzene ring substituents is 1. The number of sulfonamides is 1. The molecule has 1 saturated heterocycles. The lowest BCUT2D eigenvalue weighted by molar-refractivity contribution is -0.385. The molecule has 0 saturated carbocycles. The van der Waals surface area contributed by atoms with Crippen LogP contribution in [0.4, 0.5) is 5.69 Å². The molecular formula is C24H24N2O7S. The fraction of sp³-hybridized carbons (Fsp3) is 0.375. The molecule has 1 aliphatic heterocycles. The second kappa shape index (κ2) is 8.52. The highest BCUT2D eigenvalue weighted by Crippen LogP contribution is 2.36. The number of hydrogen-bond donors (Lipinski definition) is 0. The molecule has 1 aliphatic carbocycles. The molecule has 0 unspecified atom stereocenters. The first kappa shape index (κ1) is 22.5. The summed E-state index contributed by atoms with van der Waals surface area (Å²) in [6.45, 7) is 2.86. The Balaban J connectivity index is 1.47. The smallest absolute Gasteiger partial charge is 0.339 e. The van der Waals surface area contributed by atoms with Gasteiger partial charge in [-0.3, -0.25) is 10.1 Å². The summed E-state index contributed by atoms with van der Waals surface area (Å²) >= 11 is 0. The average Bonchev–Trinajstić information content (AvgIpc) is 3.30. The van der Waals surface area contributed by atoms with Gasteiger partial charge in [0, 0.05) is 36.2 Å². The van der Waals surface area contributed by atoms with Crippen LogP contribution >= 0.6 is 0 Å². The molecule has 1 aromatic heterocycles. The summed E-state index contributed by atoms with van der Waals surface area (Å²) in [5.74, 6) is 0.598. The quantitative estimate of drug-likeness (QED) is 0.299. The molecular weight excluding hydrogens is 460 g/mol. The molecule has 0 amide bonds. The van der Waals surface area contributed by atoms with Crippen LogP contribution in [-0.2, 0) is 22.9 Å². The highest BCUT2D eigenvalue weighted by Gasteiger charge is 2.30. The van der Waals surface area contributed by atoms with Gasteiger partial charge in [0.05, 0.1) is 9.82 Å². The maximum Gasteiger partial charge on any atom is 0.339 e. The number of piperidine rings is 1. The summed E-state index contributed by atoms with van der Waals surface area (Å²) in [5, 5.41) is 12.6. The number of ether oxygens (including phenoxy) is 1. The first-order valence-corrected chi connectivity index (χ1v) is 12.7. The van der Waals surface area contributed by atoms with Gasteiger partial charge in [0.25, 0.3) is 0 Å². The van der Waals surface area contributed by atoms with Crippen molar-refractivity contribution < 1.29 is 22.5 Å². The Morgan fingerprint density at radius 1 is 1.09 bits per heavy atom. The van der Waals surface area contributed by atoms with E-state index in [0.29, 0.717) is 36.6 Å². The summed E-state index contributed by atoms with van der Waals surface area (Å²) in [6, 6.07) is 8.61. The first-order valence-electron chi connectivity index (χ1n) is 11.3. The average molecular weight is 485 g/mol. The molecule has 9 nitrogen and oxygen atoms in total. The van der Waals surface area contributed by atoms with Crippen LogP contribution in [0, 0.1) is 16.0 Å². The fourth-order valence-corrected chi connectivity index (χ4v) is 6.21. The fourth-order valence-electron chi connectivity index (χ4n) is 4.72. The van der Waals surface area contributed by atoms with Crippen LogP contribution in [0.15, 0.2) is 50.5 Å². The van der Waals surface area contributed by atoms with Gasteiger partial charge in [0.2, 0.25) is 15.8 Å². The van der Waals surface area contributed by atoms with Crippen molar-refractivity contribution in [1.29, 1.82) is 0 Å². The van der Waals surface area contributed by atoms with E-state index in [2.05, 4.69) is 6.92 Å². The van der Waals surface area contributed by atoms with Crippen LogP contribution in [-0.4, -0.2) is 30.7 Å². The van der Waals surface area contributed by atoms with Crippen LogP contribution < -0.4 is 10.4 Å². The van der Waals surface area contributed by atoms with Crippen molar-refractivity contribution in [2.24, 2.45) is 5.92 Å². The summed E-state index contributed by atoms with van der Waals surface area (Å²) < 4.78 is 38.6. The summed E-state index contributed by atoms with van der Waals surface area (Å²) in [6.07, 6.45) is 3.90. The number of hydrogen-bond acceptors (Lipinski definition) is 7. The maximum absolute atomic E-state index is 13.0. The van der Waals surface area contributed by atoms with Crippen LogP contribution in [0.1, 0.15) is 37.3 Å². The van der Waals surface area contributed by atoms with Gasteiger partial charge in [-0.05, 0) is 67.9 Å². The summed E-state index contributed by atoms with van der Waals surface area (Å²) in [4.78, 5) is 23.2. The van der Waals surface area contributed by atoms with E-state index in [9.17, 15) is 23.3 Å². The minimum absolute atomic E-state index is 0.0981. The Morgan fingerprint density at radius 2 is 1.82 bits per heavy atom. The van der Waals surface area contributed by atoms with Gasteiger partial charge in [-0.15, -0.1) is 0 Å². The Bertz CT molecular complexity index is 1450. The van der Waals surface area contributed by atoms with E-state index in [0.717, 1.165) is 42.7 Å². The van der Waals surface area contributed by atoms with Gasteiger partial charge in [0.15, 0.2) is 0 Å². The maximum atomic E-state index is 13.0. The minimum atomic E-state index is -3.85. The highest BCUT2D eigenvalue weighted by molar-refractivity contribution is 7.89. The molecule has 2 aromatic carbocycles. The Hall–Kier alpha value is -3.24. The van der Waals surface area contributed by atoms with Gasteiger partial charge in [0.1, 0.15) is 11.3 Å². The third kappa shape index (κ3) is 3.97. The van der Waals surface area contributed by atoms with E-state index in [1.165, 1.54) is 22.5 Å². The second-order valence-corrected chi connectivity index (χ2v) is 10.9. The lowest BCUT2D eigenvalue weighted by atomic mass is 10.0. The zero-order valence-electron chi connectivity index (χ0n) is 18.7. The van der Waals surface area contributed by atoms with Gasteiger partial charge in [-0.25, -0.2) is 13.2 Å².